The maximum atomic E-state index is 6.79. The Kier molecular flexibility index (Phi) is 7.16. The Morgan fingerprint density at radius 2 is 0.914 bits per heavy atom. The number of nitrogens with zero attached hydrogens (tertiary/aromatic N) is 3. The van der Waals surface area contributed by atoms with Crippen molar-refractivity contribution >= 4 is 65.6 Å². The molecular formula is C53H31N3O2. The highest BCUT2D eigenvalue weighted by atomic mass is 16.3. The summed E-state index contributed by atoms with van der Waals surface area (Å²) in [5.41, 5.74) is 12.9. The van der Waals surface area contributed by atoms with Crippen LogP contribution >= 0.6 is 0 Å². The van der Waals surface area contributed by atoms with Crippen molar-refractivity contribution in [3.05, 3.63) is 188 Å². The molecular weight excluding hydrogens is 711 g/mol. The zero-order valence-electron chi connectivity index (χ0n) is 31.1. The third-order valence-electron chi connectivity index (χ3n) is 11.3. The Balaban J connectivity index is 1.01. The highest BCUT2D eigenvalue weighted by Gasteiger charge is 2.20. The van der Waals surface area contributed by atoms with Gasteiger partial charge in [-0.1, -0.05) is 152 Å². The lowest BCUT2D eigenvalue weighted by Crippen LogP contribution is -1.96. The summed E-state index contributed by atoms with van der Waals surface area (Å²) in [6.07, 6.45) is 0. The zero-order valence-corrected chi connectivity index (χ0v) is 31.1. The number of fused-ring (bicyclic) bond motifs is 10. The normalized spacial score (nSPS) is 11.8. The van der Waals surface area contributed by atoms with Gasteiger partial charge in [-0.3, -0.25) is 0 Å². The number of hydrogen-bond donors (Lipinski definition) is 0. The lowest BCUT2D eigenvalue weighted by Gasteiger charge is -2.11. The highest BCUT2D eigenvalue weighted by molar-refractivity contribution is 6.29. The predicted octanol–water partition coefficient (Wildman–Crippen LogP) is 14.3. The number of aromatic nitrogens is 3. The molecule has 4 heterocycles. The Morgan fingerprint density at radius 1 is 0.328 bits per heavy atom. The van der Waals surface area contributed by atoms with Gasteiger partial charge in [0.15, 0.2) is 5.82 Å². The molecule has 0 spiro atoms. The number of para-hydroxylation sites is 4. The molecule has 12 aromatic rings. The summed E-state index contributed by atoms with van der Waals surface area (Å²) in [7, 11) is 0. The van der Waals surface area contributed by atoms with Gasteiger partial charge in [0.25, 0.3) is 0 Å². The van der Waals surface area contributed by atoms with Crippen molar-refractivity contribution in [2.45, 2.75) is 0 Å². The third-order valence-corrected chi connectivity index (χ3v) is 11.3. The van der Waals surface area contributed by atoms with Crippen LogP contribution in [-0.4, -0.2) is 15.0 Å². The predicted molar refractivity (Wildman–Crippen MR) is 237 cm³/mol. The molecule has 0 bridgehead atoms. The minimum atomic E-state index is 0.613. The summed E-state index contributed by atoms with van der Waals surface area (Å²) in [6, 6.07) is 64.8. The van der Waals surface area contributed by atoms with Crippen LogP contribution < -0.4 is 0 Å². The van der Waals surface area contributed by atoms with Crippen molar-refractivity contribution < 1.29 is 8.83 Å². The first-order chi connectivity index (χ1) is 28.7. The minimum Gasteiger partial charge on any atom is -0.455 e. The molecule has 0 saturated carbocycles. The molecule has 0 fully saturated rings. The average Bonchev–Trinajstić information content (AvgIpc) is 3.88. The summed E-state index contributed by atoms with van der Waals surface area (Å²) >= 11 is 0. The average molecular weight is 742 g/mol. The quantitative estimate of drug-likeness (QED) is 0.164. The Hall–Kier alpha value is -7.89. The Morgan fingerprint density at radius 3 is 1.71 bits per heavy atom. The fraction of sp³-hybridized carbons (Fsp3) is 0. The third kappa shape index (κ3) is 5.07. The summed E-state index contributed by atoms with van der Waals surface area (Å²) in [6.45, 7) is 0. The largest absolute Gasteiger partial charge is 0.455 e. The molecule has 0 atom stereocenters. The molecule has 0 N–H and O–H groups in total. The van der Waals surface area contributed by atoms with Crippen molar-refractivity contribution in [2.75, 3.05) is 0 Å². The number of hydrogen-bond acceptors (Lipinski definition) is 5. The maximum absolute atomic E-state index is 6.79. The first-order valence-corrected chi connectivity index (χ1v) is 19.4. The zero-order chi connectivity index (χ0) is 38.2. The highest BCUT2D eigenvalue weighted by Crippen LogP contribution is 2.44. The van der Waals surface area contributed by atoms with Gasteiger partial charge in [-0.2, -0.15) is 0 Å². The summed E-state index contributed by atoms with van der Waals surface area (Å²) in [4.78, 5) is 15.5. The van der Waals surface area contributed by atoms with E-state index < -0.39 is 0 Å². The van der Waals surface area contributed by atoms with Crippen LogP contribution in [0.1, 0.15) is 0 Å². The second kappa shape index (κ2) is 12.8. The van der Waals surface area contributed by atoms with Crippen molar-refractivity contribution in [2.24, 2.45) is 0 Å². The van der Waals surface area contributed by atoms with Gasteiger partial charge in [-0.25, -0.2) is 15.0 Å². The van der Waals surface area contributed by atoms with Gasteiger partial charge < -0.3 is 8.83 Å². The molecule has 58 heavy (non-hydrogen) atoms. The molecule has 12 rings (SSSR count). The van der Waals surface area contributed by atoms with Crippen LogP contribution in [0.2, 0.25) is 0 Å². The van der Waals surface area contributed by atoms with E-state index in [4.69, 9.17) is 23.8 Å². The topological polar surface area (TPSA) is 65.0 Å². The van der Waals surface area contributed by atoms with Crippen molar-refractivity contribution in [3.8, 4) is 56.3 Å². The molecule has 270 valence electrons. The summed E-state index contributed by atoms with van der Waals surface area (Å²) in [5.74, 6) is 0.613. The van der Waals surface area contributed by atoms with Gasteiger partial charge in [0.2, 0.25) is 0 Å². The molecule has 0 radical (unpaired) electrons. The van der Waals surface area contributed by atoms with E-state index >= 15 is 0 Å². The first-order valence-electron chi connectivity index (χ1n) is 19.4. The monoisotopic (exact) mass is 741 g/mol. The molecule has 0 saturated heterocycles. The van der Waals surface area contributed by atoms with E-state index in [-0.39, 0.29) is 0 Å². The number of benzene rings is 8. The van der Waals surface area contributed by atoms with Gasteiger partial charge in [0, 0.05) is 60.0 Å². The van der Waals surface area contributed by atoms with Crippen LogP contribution in [0.4, 0.5) is 0 Å². The molecule has 0 aliphatic rings. The SMILES string of the molecule is c1ccc(-c2cc(-c3ccc(-c4cccc5c4oc4ccc6c(-c7ccccc7)nc7ccccc7c6c45)cc3)nc(-c3cccc4c3oc3ccccc34)n2)cc1. The van der Waals surface area contributed by atoms with E-state index in [1.54, 1.807) is 0 Å². The maximum Gasteiger partial charge on any atom is 0.164 e. The van der Waals surface area contributed by atoms with Crippen LogP contribution in [0.3, 0.4) is 0 Å². The molecule has 5 heteroatoms. The Labute approximate surface area is 332 Å². The van der Waals surface area contributed by atoms with E-state index in [1.165, 1.54) is 0 Å². The lowest BCUT2D eigenvalue weighted by molar-refractivity contribution is 0.669. The van der Waals surface area contributed by atoms with E-state index in [0.29, 0.717) is 5.82 Å². The molecule has 0 unspecified atom stereocenters. The number of rotatable bonds is 5. The fourth-order valence-electron chi connectivity index (χ4n) is 8.59. The lowest BCUT2D eigenvalue weighted by atomic mass is 9.95. The van der Waals surface area contributed by atoms with Crippen molar-refractivity contribution in [3.63, 3.8) is 0 Å². The molecule has 4 aromatic heterocycles. The first kappa shape index (κ1) is 32.4. The van der Waals surface area contributed by atoms with Gasteiger partial charge >= 0.3 is 0 Å². The van der Waals surface area contributed by atoms with Crippen LogP contribution in [0, 0.1) is 0 Å². The minimum absolute atomic E-state index is 0.613. The smallest absolute Gasteiger partial charge is 0.164 e. The summed E-state index contributed by atoms with van der Waals surface area (Å²) in [5, 5.41) is 7.65. The van der Waals surface area contributed by atoms with E-state index in [1.807, 2.05) is 48.5 Å². The van der Waals surface area contributed by atoms with Gasteiger partial charge in [0.1, 0.15) is 22.3 Å². The van der Waals surface area contributed by atoms with Crippen molar-refractivity contribution in [1.29, 1.82) is 0 Å². The second-order valence-electron chi connectivity index (χ2n) is 14.7. The number of pyridine rings is 1. The van der Waals surface area contributed by atoms with E-state index in [0.717, 1.165) is 116 Å². The second-order valence-corrected chi connectivity index (χ2v) is 14.7. The van der Waals surface area contributed by atoms with Gasteiger partial charge in [-0.05, 0) is 42.0 Å². The molecule has 0 aliphatic heterocycles. The van der Waals surface area contributed by atoms with Crippen LogP contribution in [0.5, 0.6) is 0 Å². The number of furan rings is 2. The van der Waals surface area contributed by atoms with Crippen molar-refractivity contribution in [1.82, 2.24) is 15.0 Å². The van der Waals surface area contributed by atoms with E-state index in [9.17, 15) is 0 Å². The Bertz CT molecular complexity index is 3550. The summed E-state index contributed by atoms with van der Waals surface area (Å²) < 4.78 is 13.2. The van der Waals surface area contributed by atoms with E-state index in [2.05, 4.69) is 140 Å². The molecule has 0 amide bonds. The molecule has 0 aliphatic carbocycles. The van der Waals surface area contributed by atoms with Crippen LogP contribution in [-0.2, 0) is 0 Å². The van der Waals surface area contributed by atoms with Crippen LogP contribution in [0.15, 0.2) is 197 Å². The standard InChI is InChI=1S/C53H31N3O2/c1-3-13-33(14-4-1)44-31-45(56-53(55-44)42-22-12-20-38-37-17-8-10-24-46(37)57-52(38)42)34-27-25-32(26-28-34)36-19-11-21-41-49-47(58-51(36)41)30-29-40-48(49)39-18-7-9-23-43(39)54-50(40)35-15-5-2-6-16-35/h1-31H. The van der Waals surface area contributed by atoms with Gasteiger partial charge in [-0.15, -0.1) is 0 Å². The van der Waals surface area contributed by atoms with Crippen LogP contribution in [0.25, 0.3) is 122 Å². The molecule has 8 aromatic carbocycles. The fourth-order valence-corrected chi connectivity index (χ4v) is 8.59. The molecule has 5 nitrogen and oxygen atoms in total. The van der Waals surface area contributed by atoms with Gasteiger partial charge in [0.05, 0.1) is 28.2 Å².